The van der Waals surface area contributed by atoms with E-state index in [2.05, 4.69) is 25.7 Å². The van der Waals surface area contributed by atoms with Crippen LogP contribution in [0, 0.1) is 0 Å². The molecule has 1 aliphatic rings. The maximum Gasteiger partial charge on any atom is 0.327 e. The summed E-state index contributed by atoms with van der Waals surface area (Å²) in [6, 6.07) is 6.17. The number of hydrogen-bond acceptors (Lipinski definition) is 6. The Bertz CT molecular complexity index is 726. The summed E-state index contributed by atoms with van der Waals surface area (Å²) in [6.45, 7) is 9.15. The van der Waals surface area contributed by atoms with Gasteiger partial charge in [0.15, 0.2) is 14.6 Å². The summed E-state index contributed by atoms with van der Waals surface area (Å²) in [5, 5.41) is 0. The van der Waals surface area contributed by atoms with Gasteiger partial charge < -0.3 is 9.47 Å². The van der Waals surface area contributed by atoms with Crippen LogP contribution in [0.5, 0.6) is 5.75 Å². The van der Waals surface area contributed by atoms with Crippen molar-refractivity contribution >= 4 is 15.8 Å². The third-order valence-electron chi connectivity index (χ3n) is 5.05. The molecule has 0 amide bonds. The van der Waals surface area contributed by atoms with Crippen molar-refractivity contribution in [3.8, 4) is 5.75 Å². The molecule has 0 atom stereocenters. The molecule has 0 aromatic heterocycles. The SMILES string of the molecule is CCOC(=O)C1(S(=O)(=O)c2ccc(OC)cc2)CCN(C(C)(C)C)CC1. The molecule has 1 aromatic carbocycles. The molecular formula is C19H29NO5S. The lowest BCUT2D eigenvalue weighted by Crippen LogP contribution is -2.58. The number of methoxy groups -OCH3 is 1. The molecule has 0 saturated carbocycles. The van der Waals surface area contributed by atoms with Crippen LogP contribution in [0.4, 0.5) is 0 Å². The van der Waals surface area contributed by atoms with E-state index in [9.17, 15) is 13.2 Å². The van der Waals surface area contributed by atoms with Gasteiger partial charge >= 0.3 is 5.97 Å². The molecule has 1 saturated heterocycles. The number of nitrogens with zero attached hydrogens (tertiary/aromatic N) is 1. The van der Waals surface area contributed by atoms with E-state index < -0.39 is 20.6 Å². The Hall–Kier alpha value is -1.60. The summed E-state index contributed by atoms with van der Waals surface area (Å²) in [5.41, 5.74) is -0.0787. The van der Waals surface area contributed by atoms with Gasteiger partial charge in [-0.15, -0.1) is 0 Å². The molecule has 6 nitrogen and oxygen atoms in total. The van der Waals surface area contributed by atoms with E-state index in [4.69, 9.17) is 9.47 Å². The van der Waals surface area contributed by atoms with E-state index in [1.165, 1.54) is 19.2 Å². The first-order chi connectivity index (χ1) is 12.1. The van der Waals surface area contributed by atoms with Gasteiger partial charge in [-0.25, -0.2) is 8.42 Å². The summed E-state index contributed by atoms with van der Waals surface area (Å²) in [6.07, 6.45) is 0.439. The number of likely N-dealkylation sites (tertiary alicyclic amines) is 1. The molecule has 1 aliphatic heterocycles. The molecule has 0 aliphatic carbocycles. The number of carbonyl (C=O) groups is 1. The lowest BCUT2D eigenvalue weighted by Gasteiger charge is -2.44. The molecule has 7 heteroatoms. The van der Waals surface area contributed by atoms with Gasteiger partial charge in [-0.2, -0.15) is 0 Å². The fraction of sp³-hybridized carbons (Fsp3) is 0.632. The predicted octanol–water partition coefficient (Wildman–Crippen LogP) is 2.67. The summed E-state index contributed by atoms with van der Waals surface area (Å²) in [5.74, 6) is -0.0823. The highest BCUT2D eigenvalue weighted by molar-refractivity contribution is 7.93. The van der Waals surface area contributed by atoms with E-state index in [0.717, 1.165) is 0 Å². The van der Waals surface area contributed by atoms with Crippen molar-refractivity contribution in [3.05, 3.63) is 24.3 Å². The van der Waals surface area contributed by atoms with Crippen LogP contribution in [-0.4, -0.2) is 56.4 Å². The topological polar surface area (TPSA) is 72.9 Å². The van der Waals surface area contributed by atoms with Crippen molar-refractivity contribution in [3.63, 3.8) is 0 Å². The Balaban J connectivity index is 2.43. The highest BCUT2D eigenvalue weighted by Crippen LogP contribution is 2.38. The van der Waals surface area contributed by atoms with Gasteiger partial charge in [-0.05, 0) is 64.8 Å². The second kappa shape index (κ2) is 7.56. The molecule has 1 fully saturated rings. The first-order valence-electron chi connectivity index (χ1n) is 8.89. The average molecular weight is 384 g/mol. The van der Waals surface area contributed by atoms with Crippen LogP contribution in [0.3, 0.4) is 0 Å². The zero-order chi connectivity index (χ0) is 19.6. The van der Waals surface area contributed by atoms with Crippen molar-refractivity contribution in [2.45, 2.75) is 55.7 Å². The van der Waals surface area contributed by atoms with Crippen LogP contribution in [-0.2, 0) is 19.4 Å². The molecule has 0 unspecified atom stereocenters. The minimum Gasteiger partial charge on any atom is -0.497 e. The average Bonchev–Trinajstić information content (AvgIpc) is 2.61. The van der Waals surface area contributed by atoms with Gasteiger partial charge in [-0.3, -0.25) is 9.69 Å². The molecule has 0 bridgehead atoms. The van der Waals surface area contributed by atoms with E-state index in [-0.39, 0.29) is 29.9 Å². The maximum absolute atomic E-state index is 13.4. The predicted molar refractivity (Wildman–Crippen MR) is 100 cm³/mol. The molecule has 0 radical (unpaired) electrons. The minimum atomic E-state index is -3.90. The van der Waals surface area contributed by atoms with Crippen molar-refractivity contribution in [1.29, 1.82) is 0 Å². The lowest BCUT2D eigenvalue weighted by atomic mass is 9.92. The Morgan fingerprint density at radius 3 is 2.12 bits per heavy atom. The maximum atomic E-state index is 13.4. The van der Waals surface area contributed by atoms with Crippen LogP contribution < -0.4 is 4.74 Å². The van der Waals surface area contributed by atoms with Crippen LogP contribution in [0.15, 0.2) is 29.2 Å². The second-order valence-electron chi connectivity index (χ2n) is 7.55. The van der Waals surface area contributed by atoms with Crippen LogP contribution >= 0.6 is 0 Å². The smallest absolute Gasteiger partial charge is 0.327 e. The zero-order valence-corrected chi connectivity index (χ0v) is 17.1. The van der Waals surface area contributed by atoms with Gasteiger partial charge in [0.25, 0.3) is 0 Å². The van der Waals surface area contributed by atoms with Crippen LogP contribution in [0.1, 0.15) is 40.5 Å². The highest BCUT2D eigenvalue weighted by Gasteiger charge is 2.54. The fourth-order valence-corrected chi connectivity index (χ4v) is 5.31. The number of benzene rings is 1. The van der Waals surface area contributed by atoms with E-state index in [1.54, 1.807) is 19.1 Å². The second-order valence-corrected chi connectivity index (χ2v) is 9.81. The summed E-state index contributed by atoms with van der Waals surface area (Å²) < 4.78 is 35.6. The molecule has 0 spiro atoms. The van der Waals surface area contributed by atoms with Gasteiger partial charge in [0.05, 0.1) is 18.6 Å². The monoisotopic (exact) mass is 383 g/mol. The number of esters is 1. The summed E-state index contributed by atoms with van der Waals surface area (Å²) >= 11 is 0. The normalized spacial score (nSPS) is 18.3. The molecule has 146 valence electrons. The van der Waals surface area contributed by atoms with Gasteiger partial charge in [0.1, 0.15) is 5.75 Å². The lowest BCUT2D eigenvalue weighted by molar-refractivity contribution is -0.148. The van der Waals surface area contributed by atoms with Crippen LogP contribution in [0.25, 0.3) is 0 Å². The number of hydrogen-bond donors (Lipinski definition) is 0. The Labute approximate surface area is 156 Å². The highest BCUT2D eigenvalue weighted by atomic mass is 32.2. The largest absolute Gasteiger partial charge is 0.497 e. The number of sulfone groups is 1. The molecule has 1 heterocycles. The van der Waals surface area contributed by atoms with Crippen LogP contribution in [0.2, 0.25) is 0 Å². The third-order valence-corrected chi connectivity index (χ3v) is 7.55. The van der Waals surface area contributed by atoms with Gasteiger partial charge in [0, 0.05) is 18.6 Å². The quantitative estimate of drug-likeness (QED) is 0.728. The molecule has 26 heavy (non-hydrogen) atoms. The Morgan fingerprint density at radius 2 is 1.69 bits per heavy atom. The number of ether oxygens (including phenoxy) is 2. The van der Waals surface area contributed by atoms with E-state index in [1.807, 2.05) is 0 Å². The van der Waals surface area contributed by atoms with E-state index >= 15 is 0 Å². The standard InChI is InChI=1S/C19H29NO5S/c1-6-25-17(21)19(11-13-20(14-12-19)18(2,3)4)26(22,23)16-9-7-15(24-5)8-10-16/h7-10H,6,11-14H2,1-5H3. The Morgan fingerprint density at radius 1 is 1.15 bits per heavy atom. The molecule has 1 aromatic rings. The number of piperidine rings is 1. The number of carbonyl (C=O) groups excluding carboxylic acids is 1. The molecular weight excluding hydrogens is 354 g/mol. The van der Waals surface area contributed by atoms with Gasteiger partial charge in [0.2, 0.25) is 0 Å². The first kappa shape index (κ1) is 20.7. The third kappa shape index (κ3) is 3.74. The van der Waals surface area contributed by atoms with Crippen molar-refractivity contribution in [1.82, 2.24) is 4.90 Å². The summed E-state index contributed by atoms with van der Waals surface area (Å²) in [4.78, 5) is 15.1. The first-order valence-corrected chi connectivity index (χ1v) is 10.4. The molecule has 2 rings (SSSR count). The number of rotatable bonds is 5. The summed E-state index contributed by atoms with van der Waals surface area (Å²) in [7, 11) is -2.38. The van der Waals surface area contributed by atoms with Crippen molar-refractivity contribution in [2.75, 3.05) is 26.8 Å². The zero-order valence-electron chi connectivity index (χ0n) is 16.2. The molecule has 0 N–H and O–H groups in total. The van der Waals surface area contributed by atoms with E-state index in [0.29, 0.717) is 18.8 Å². The Kier molecular flexibility index (Phi) is 6.02. The fourth-order valence-electron chi connectivity index (χ4n) is 3.36. The van der Waals surface area contributed by atoms with Crippen molar-refractivity contribution in [2.24, 2.45) is 0 Å². The van der Waals surface area contributed by atoms with Crippen molar-refractivity contribution < 1.29 is 22.7 Å². The van der Waals surface area contributed by atoms with Gasteiger partial charge in [-0.1, -0.05) is 0 Å². The minimum absolute atomic E-state index is 0.0787.